The molecule has 1 atom stereocenters. The first kappa shape index (κ1) is 14.4. The Morgan fingerprint density at radius 3 is 2.63 bits per heavy atom. The molecule has 19 heavy (non-hydrogen) atoms. The second kappa shape index (κ2) is 6.93. The van der Waals surface area contributed by atoms with Gasteiger partial charge >= 0.3 is 0 Å². The van der Waals surface area contributed by atoms with E-state index in [1.807, 2.05) is 0 Å². The van der Waals surface area contributed by atoms with Gasteiger partial charge in [-0.3, -0.25) is 0 Å². The number of nitrogens with zero attached hydrogens (tertiary/aromatic N) is 1. The molecule has 2 N–H and O–H groups in total. The molecule has 2 rings (SSSR count). The van der Waals surface area contributed by atoms with Crippen molar-refractivity contribution < 1.29 is 13.9 Å². The normalized spacial score (nSPS) is 17.8. The number of hydrogen-bond acceptors (Lipinski definition) is 3. The van der Waals surface area contributed by atoms with E-state index in [4.69, 9.17) is 0 Å². The van der Waals surface area contributed by atoms with Crippen LogP contribution >= 0.6 is 0 Å². The van der Waals surface area contributed by atoms with Crippen LogP contribution in [0.4, 0.5) is 8.78 Å². The second-order valence-corrected chi connectivity index (χ2v) is 5.04. The standard InChI is InChI=1S/C14H20F2N2O/c15-13-4-3-11(7-14(13)16)8-17-9-12(19)10-18-5-1-2-6-18/h3-4,7,12,17,19H,1-2,5-6,8-10H2. The molecule has 1 unspecified atom stereocenters. The summed E-state index contributed by atoms with van der Waals surface area (Å²) in [5, 5.41) is 12.9. The fraction of sp³-hybridized carbons (Fsp3) is 0.571. The summed E-state index contributed by atoms with van der Waals surface area (Å²) in [6.45, 7) is 3.66. The highest BCUT2D eigenvalue weighted by Gasteiger charge is 2.15. The van der Waals surface area contributed by atoms with Crippen molar-refractivity contribution in [2.75, 3.05) is 26.2 Å². The van der Waals surface area contributed by atoms with Crippen LogP contribution in [0.3, 0.4) is 0 Å². The van der Waals surface area contributed by atoms with Gasteiger partial charge in [0.2, 0.25) is 0 Å². The summed E-state index contributed by atoms with van der Waals surface area (Å²) < 4.78 is 25.7. The average Bonchev–Trinajstić information content (AvgIpc) is 2.86. The molecule has 1 aromatic carbocycles. The molecule has 0 spiro atoms. The third-order valence-corrected chi connectivity index (χ3v) is 3.36. The van der Waals surface area contributed by atoms with Crippen LogP contribution in [0.1, 0.15) is 18.4 Å². The third kappa shape index (κ3) is 4.53. The van der Waals surface area contributed by atoms with Gasteiger partial charge in [0.25, 0.3) is 0 Å². The summed E-state index contributed by atoms with van der Waals surface area (Å²) in [7, 11) is 0. The number of nitrogens with one attached hydrogen (secondary N) is 1. The van der Waals surface area contributed by atoms with E-state index in [1.54, 1.807) is 0 Å². The Morgan fingerprint density at radius 1 is 1.21 bits per heavy atom. The van der Waals surface area contributed by atoms with Crippen LogP contribution in [0, 0.1) is 11.6 Å². The first-order valence-corrected chi connectivity index (χ1v) is 6.70. The molecule has 0 aromatic heterocycles. The summed E-state index contributed by atoms with van der Waals surface area (Å²) in [6.07, 6.45) is 1.98. The van der Waals surface area contributed by atoms with Gasteiger partial charge < -0.3 is 15.3 Å². The van der Waals surface area contributed by atoms with E-state index in [0.717, 1.165) is 19.2 Å². The minimum Gasteiger partial charge on any atom is -0.390 e. The first-order valence-electron chi connectivity index (χ1n) is 6.70. The zero-order valence-electron chi connectivity index (χ0n) is 10.9. The average molecular weight is 270 g/mol. The molecule has 1 saturated heterocycles. The van der Waals surface area contributed by atoms with E-state index in [0.29, 0.717) is 25.2 Å². The minimum absolute atomic E-state index is 0.425. The van der Waals surface area contributed by atoms with E-state index >= 15 is 0 Å². The Kier molecular flexibility index (Phi) is 5.24. The molecular weight excluding hydrogens is 250 g/mol. The zero-order valence-corrected chi connectivity index (χ0v) is 10.9. The number of rotatable bonds is 6. The lowest BCUT2D eigenvalue weighted by Gasteiger charge is -2.19. The van der Waals surface area contributed by atoms with Crippen LogP contribution < -0.4 is 5.32 Å². The van der Waals surface area contributed by atoms with Crippen molar-refractivity contribution in [3.05, 3.63) is 35.4 Å². The predicted molar refractivity (Wildman–Crippen MR) is 69.7 cm³/mol. The highest BCUT2D eigenvalue weighted by atomic mass is 19.2. The van der Waals surface area contributed by atoms with Crippen LogP contribution in [-0.2, 0) is 6.54 Å². The molecule has 0 bridgehead atoms. The molecule has 0 amide bonds. The summed E-state index contributed by atoms with van der Waals surface area (Å²) >= 11 is 0. The second-order valence-electron chi connectivity index (χ2n) is 5.04. The predicted octanol–water partition coefficient (Wildman–Crippen LogP) is 1.51. The monoisotopic (exact) mass is 270 g/mol. The Labute approximate surface area is 112 Å². The number of hydrogen-bond donors (Lipinski definition) is 2. The molecule has 3 nitrogen and oxygen atoms in total. The topological polar surface area (TPSA) is 35.5 Å². The quantitative estimate of drug-likeness (QED) is 0.822. The molecule has 1 heterocycles. The van der Waals surface area contributed by atoms with Gasteiger partial charge in [-0.25, -0.2) is 8.78 Å². The largest absolute Gasteiger partial charge is 0.390 e. The summed E-state index contributed by atoms with van der Waals surface area (Å²) in [5.74, 6) is -1.67. The number of likely N-dealkylation sites (tertiary alicyclic amines) is 1. The lowest BCUT2D eigenvalue weighted by molar-refractivity contribution is 0.123. The fourth-order valence-electron chi connectivity index (χ4n) is 2.36. The lowest BCUT2D eigenvalue weighted by Crippen LogP contribution is -2.36. The molecule has 1 fully saturated rings. The molecular formula is C14H20F2N2O. The zero-order chi connectivity index (χ0) is 13.7. The molecule has 0 saturated carbocycles. The smallest absolute Gasteiger partial charge is 0.159 e. The van der Waals surface area contributed by atoms with Crippen molar-refractivity contribution in [2.24, 2.45) is 0 Å². The van der Waals surface area contributed by atoms with Crippen LogP contribution in [0.15, 0.2) is 18.2 Å². The molecule has 106 valence electrons. The Hall–Kier alpha value is -1.04. The summed E-state index contributed by atoms with van der Waals surface area (Å²) in [4.78, 5) is 2.24. The first-order chi connectivity index (χ1) is 9.15. The van der Waals surface area contributed by atoms with Crippen LogP contribution in [-0.4, -0.2) is 42.3 Å². The highest BCUT2D eigenvalue weighted by Crippen LogP contribution is 2.09. The summed E-state index contributed by atoms with van der Waals surface area (Å²) in [6, 6.07) is 3.83. The van der Waals surface area contributed by atoms with Gasteiger partial charge in [0.1, 0.15) is 0 Å². The lowest BCUT2D eigenvalue weighted by atomic mass is 10.2. The third-order valence-electron chi connectivity index (χ3n) is 3.36. The van der Waals surface area contributed by atoms with Crippen molar-refractivity contribution in [1.29, 1.82) is 0 Å². The van der Waals surface area contributed by atoms with Gasteiger partial charge in [0.15, 0.2) is 11.6 Å². The van der Waals surface area contributed by atoms with E-state index in [9.17, 15) is 13.9 Å². The maximum Gasteiger partial charge on any atom is 0.159 e. The van der Waals surface area contributed by atoms with Gasteiger partial charge in [-0.2, -0.15) is 0 Å². The van der Waals surface area contributed by atoms with Crippen LogP contribution in [0.5, 0.6) is 0 Å². The maximum atomic E-state index is 13.0. The Bertz CT molecular complexity index is 408. The molecule has 1 aliphatic heterocycles. The van der Waals surface area contributed by atoms with E-state index < -0.39 is 17.7 Å². The molecule has 0 aliphatic carbocycles. The Balaban J connectivity index is 1.68. The number of halogens is 2. The van der Waals surface area contributed by atoms with Crippen LogP contribution in [0.2, 0.25) is 0 Å². The van der Waals surface area contributed by atoms with Crippen molar-refractivity contribution in [3.63, 3.8) is 0 Å². The van der Waals surface area contributed by atoms with E-state index in [2.05, 4.69) is 10.2 Å². The molecule has 5 heteroatoms. The number of benzene rings is 1. The minimum atomic E-state index is -0.836. The number of β-amino-alcohol motifs (C(OH)–C–C–N with tert-alkyl or cyclic N) is 1. The van der Waals surface area contributed by atoms with Crippen LogP contribution in [0.25, 0.3) is 0 Å². The van der Waals surface area contributed by atoms with Gasteiger partial charge in [-0.05, 0) is 43.6 Å². The fourth-order valence-corrected chi connectivity index (χ4v) is 2.36. The van der Waals surface area contributed by atoms with E-state index in [1.165, 1.54) is 25.0 Å². The number of aliphatic hydroxyl groups excluding tert-OH is 1. The SMILES string of the molecule is OC(CNCc1ccc(F)c(F)c1)CN1CCCC1. The summed E-state index contributed by atoms with van der Waals surface area (Å²) in [5.41, 5.74) is 0.673. The van der Waals surface area contributed by atoms with Gasteiger partial charge in [-0.15, -0.1) is 0 Å². The maximum absolute atomic E-state index is 13.0. The van der Waals surface area contributed by atoms with Crippen molar-refractivity contribution >= 4 is 0 Å². The highest BCUT2D eigenvalue weighted by molar-refractivity contribution is 5.17. The van der Waals surface area contributed by atoms with Gasteiger partial charge in [0, 0.05) is 19.6 Å². The molecule has 0 radical (unpaired) electrons. The van der Waals surface area contributed by atoms with Crippen molar-refractivity contribution in [1.82, 2.24) is 10.2 Å². The van der Waals surface area contributed by atoms with Gasteiger partial charge in [0.05, 0.1) is 6.10 Å². The van der Waals surface area contributed by atoms with E-state index in [-0.39, 0.29) is 0 Å². The van der Waals surface area contributed by atoms with Crippen molar-refractivity contribution in [2.45, 2.75) is 25.5 Å². The molecule has 1 aromatic rings. The van der Waals surface area contributed by atoms with Gasteiger partial charge in [-0.1, -0.05) is 6.07 Å². The molecule has 1 aliphatic rings. The van der Waals surface area contributed by atoms with Crippen molar-refractivity contribution in [3.8, 4) is 0 Å². The Morgan fingerprint density at radius 2 is 1.95 bits per heavy atom. The number of aliphatic hydroxyl groups is 1.